The number of aliphatic hydroxyl groups is 1. The molecule has 1 atom stereocenters. The molecule has 0 spiro atoms. The van der Waals surface area contributed by atoms with Crippen LogP contribution in [-0.2, 0) is 11.3 Å². The molecule has 144 valence electrons. The summed E-state index contributed by atoms with van der Waals surface area (Å²) in [6.07, 6.45) is 0.924. The Morgan fingerprint density at radius 3 is 2.50 bits per heavy atom. The summed E-state index contributed by atoms with van der Waals surface area (Å²) in [5.74, 6) is -0.0334. The molecule has 3 aromatic rings. The highest BCUT2D eigenvalue weighted by Gasteiger charge is 2.28. The molecule has 7 nitrogen and oxygen atoms in total. The maximum absolute atomic E-state index is 12.6. The van der Waals surface area contributed by atoms with Gasteiger partial charge < -0.3 is 10.0 Å². The van der Waals surface area contributed by atoms with Crippen molar-refractivity contribution in [1.82, 2.24) is 19.9 Å². The Hall–Kier alpha value is -3.06. The Morgan fingerprint density at radius 2 is 1.75 bits per heavy atom. The molecule has 0 bridgehead atoms. The Balaban J connectivity index is 1.39. The topological polar surface area (TPSA) is 88.3 Å². The number of hydrogen-bond donors (Lipinski definition) is 1. The van der Waals surface area contributed by atoms with Gasteiger partial charge in [-0.25, -0.2) is 4.68 Å². The van der Waals surface area contributed by atoms with Gasteiger partial charge in [0.25, 0.3) is 5.56 Å². The highest BCUT2D eigenvalue weighted by atomic mass is 16.3. The predicted molar refractivity (Wildman–Crippen MR) is 105 cm³/mol. The summed E-state index contributed by atoms with van der Waals surface area (Å²) in [6.45, 7) is 0.995. The van der Waals surface area contributed by atoms with Crippen LogP contribution in [0.15, 0.2) is 59.4 Å². The first-order chi connectivity index (χ1) is 13.6. The van der Waals surface area contributed by atoms with Crippen LogP contribution in [0.2, 0.25) is 0 Å². The molecule has 1 fully saturated rings. The minimum atomic E-state index is -0.521. The molecule has 2 aromatic carbocycles. The zero-order chi connectivity index (χ0) is 19.5. The van der Waals surface area contributed by atoms with Crippen LogP contribution < -0.4 is 5.56 Å². The fourth-order valence-electron chi connectivity index (χ4n) is 3.74. The summed E-state index contributed by atoms with van der Waals surface area (Å²) in [5.41, 5.74) is 1.12. The van der Waals surface area contributed by atoms with E-state index in [0.29, 0.717) is 24.0 Å². The van der Waals surface area contributed by atoms with Crippen LogP contribution in [0.1, 0.15) is 24.5 Å². The number of carbonyl (C=O) groups is 1. The van der Waals surface area contributed by atoms with Crippen molar-refractivity contribution < 1.29 is 9.90 Å². The second-order valence-electron chi connectivity index (χ2n) is 7.14. The van der Waals surface area contributed by atoms with E-state index in [-0.39, 0.29) is 23.9 Å². The molecule has 4 rings (SSSR count). The number of rotatable bonds is 4. The molecule has 1 aliphatic rings. The zero-order valence-electron chi connectivity index (χ0n) is 15.4. The maximum atomic E-state index is 12.6. The predicted octanol–water partition coefficient (Wildman–Crippen LogP) is 1.76. The van der Waals surface area contributed by atoms with Crippen LogP contribution in [0.3, 0.4) is 0 Å². The fourth-order valence-corrected chi connectivity index (χ4v) is 3.74. The smallest absolute Gasteiger partial charge is 0.278 e. The monoisotopic (exact) mass is 378 g/mol. The highest BCUT2D eigenvalue weighted by molar-refractivity contribution is 5.78. The van der Waals surface area contributed by atoms with Crippen molar-refractivity contribution in [2.45, 2.75) is 25.5 Å². The number of carbonyl (C=O) groups excluding carboxylic acids is 1. The third-order valence-corrected chi connectivity index (χ3v) is 5.39. The second-order valence-corrected chi connectivity index (χ2v) is 7.14. The molecule has 1 aliphatic heterocycles. The average molecular weight is 378 g/mol. The number of amides is 1. The third-order valence-electron chi connectivity index (χ3n) is 5.39. The number of nitrogens with zero attached hydrogens (tertiary/aromatic N) is 4. The van der Waals surface area contributed by atoms with E-state index in [9.17, 15) is 14.7 Å². The Kier molecular flexibility index (Phi) is 5.16. The van der Waals surface area contributed by atoms with Crippen LogP contribution >= 0.6 is 0 Å². The highest BCUT2D eigenvalue weighted by Crippen LogP contribution is 2.30. The van der Waals surface area contributed by atoms with Gasteiger partial charge in [-0.05, 0) is 36.5 Å². The average Bonchev–Trinajstić information content (AvgIpc) is 2.76. The Bertz CT molecular complexity index is 1030. The zero-order valence-corrected chi connectivity index (χ0v) is 15.4. The van der Waals surface area contributed by atoms with Crippen molar-refractivity contribution in [2.75, 3.05) is 13.1 Å². The summed E-state index contributed by atoms with van der Waals surface area (Å²) in [4.78, 5) is 26.9. The molecule has 1 amide bonds. The van der Waals surface area contributed by atoms with E-state index in [4.69, 9.17) is 0 Å². The number of benzene rings is 2. The molecule has 7 heteroatoms. The number of aromatic nitrogens is 3. The van der Waals surface area contributed by atoms with E-state index in [1.807, 2.05) is 30.3 Å². The van der Waals surface area contributed by atoms with E-state index in [1.54, 1.807) is 29.2 Å². The van der Waals surface area contributed by atoms with Gasteiger partial charge in [0, 0.05) is 13.1 Å². The van der Waals surface area contributed by atoms with Crippen LogP contribution in [-0.4, -0.2) is 44.0 Å². The molecule has 2 heterocycles. The summed E-state index contributed by atoms with van der Waals surface area (Å²) < 4.78 is 1.12. The van der Waals surface area contributed by atoms with E-state index < -0.39 is 6.10 Å². The Morgan fingerprint density at radius 1 is 1.07 bits per heavy atom. The fraction of sp³-hybridized carbons (Fsp3) is 0.333. The quantitative estimate of drug-likeness (QED) is 0.747. The van der Waals surface area contributed by atoms with E-state index in [2.05, 4.69) is 10.3 Å². The summed E-state index contributed by atoms with van der Waals surface area (Å²) in [7, 11) is 0. The van der Waals surface area contributed by atoms with Gasteiger partial charge in [0.05, 0.1) is 11.5 Å². The molecule has 1 saturated heterocycles. The summed E-state index contributed by atoms with van der Waals surface area (Å²) in [6, 6.07) is 16.6. The van der Waals surface area contributed by atoms with Gasteiger partial charge in [0.2, 0.25) is 5.91 Å². The molecule has 0 aliphatic carbocycles. The van der Waals surface area contributed by atoms with Crippen molar-refractivity contribution in [3.05, 3.63) is 70.5 Å². The van der Waals surface area contributed by atoms with Gasteiger partial charge in [-0.2, -0.15) is 0 Å². The standard InChI is InChI=1S/C21H22N4O3/c26-19(14-25-21(28)17-8-4-5-9-18(17)22-23-25)24-12-10-16(11-13-24)20(27)15-6-2-1-3-7-15/h1-9,16,20,27H,10-14H2/t20-/m0/s1. The van der Waals surface area contributed by atoms with Gasteiger partial charge in [0.1, 0.15) is 12.1 Å². The van der Waals surface area contributed by atoms with Gasteiger partial charge in [-0.15, -0.1) is 5.10 Å². The van der Waals surface area contributed by atoms with Crippen molar-refractivity contribution in [2.24, 2.45) is 5.92 Å². The van der Waals surface area contributed by atoms with Gasteiger partial charge in [-0.1, -0.05) is 47.7 Å². The molecule has 0 unspecified atom stereocenters. The molecule has 0 radical (unpaired) electrons. The van der Waals surface area contributed by atoms with E-state index >= 15 is 0 Å². The second kappa shape index (κ2) is 7.90. The minimum absolute atomic E-state index is 0.120. The first-order valence-electron chi connectivity index (χ1n) is 9.47. The number of fused-ring (bicyclic) bond motifs is 1. The van der Waals surface area contributed by atoms with E-state index in [1.165, 1.54) is 0 Å². The normalized spacial score (nSPS) is 16.2. The molecular weight excluding hydrogens is 356 g/mol. The third kappa shape index (κ3) is 3.66. The number of likely N-dealkylation sites (tertiary alicyclic amines) is 1. The van der Waals surface area contributed by atoms with Gasteiger partial charge in [0.15, 0.2) is 0 Å². The van der Waals surface area contributed by atoms with E-state index in [0.717, 1.165) is 23.1 Å². The number of hydrogen-bond acceptors (Lipinski definition) is 5. The summed E-state index contributed by atoms with van der Waals surface area (Å²) in [5, 5.41) is 18.9. The van der Waals surface area contributed by atoms with Gasteiger partial charge in [-0.3, -0.25) is 9.59 Å². The molecule has 1 aromatic heterocycles. The number of aliphatic hydroxyl groups excluding tert-OH is 1. The largest absolute Gasteiger partial charge is 0.388 e. The summed E-state index contributed by atoms with van der Waals surface area (Å²) >= 11 is 0. The molecular formula is C21H22N4O3. The van der Waals surface area contributed by atoms with Crippen LogP contribution in [0.5, 0.6) is 0 Å². The molecule has 28 heavy (non-hydrogen) atoms. The number of piperidine rings is 1. The SMILES string of the molecule is O=C(Cn1nnc2ccccc2c1=O)N1CCC([C@@H](O)c2ccccc2)CC1. The van der Waals surface area contributed by atoms with Crippen LogP contribution in [0.4, 0.5) is 0 Å². The van der Waals surface area contributed by atoms with Crippen LogP contribution in [0.25, 0.3) is 10.9 Å². The van der Waals surface area contributed by atoms with Crippen molar-refractivity contribution >= 4 is 16.8 Å². The van der Waals surface area contributed by atoms with Crippen molar-refractivity contribution in [3.8, 4) is 0 Å². The van der Waals surface area contributed by atoms with Crippen molar-refractivity contribution in [3.63, 3.8) is 0 Å². The first kappa shape index (κ1) is 18.3. The lowest BCUT2D eigenvalue weighted by Crippen LogP contribution is -2.43. The Labute approximate surface area is 162 Å². The first-order valence-corrected chi connectivity index (χ1v) is 9.47. The molecule has 0 saturated carbocycles. The minimum Gasteiger partial charge on any atom is -0.388 e. The lowest BCUT2D eigenvalue weighted by atomic mass is 9.87. The lowest BCUT2D eigenvalue weighted by Gasteiger charge is -2.34. The maximum Gasteiger partial charge on any atom is 0.278 e. The lowest BCUT2D eigenvalue weighted by molar-refractivity contribution is -0.134. The van der Waals surface area contributed by atoms with Crippen LogP contribution in [0, 0.1) is 5.92 Å². The van der Waals surface area contributed by atoms with Crippen molar-refractivity contribution in [1.29, 1.82) is 0 Å². The van der Waals surface area contributed by atoms with Gasteiger partial charge >= 0.3 is 0 Å². The molecule has 1 N–H and O–H groups in total.